The van der Waals surface area contributed by atoms with E-state index in [1.807, 2.05) is 12.3 Å². The van der Waals surface area contributed by atoms with E-state index < -0.39 is 0 Å². The lowest BCUT2D eigenvalue weighted by Crippen LogP contribution is -2.16. The summed E-state index contributed by atoms with van der Waals surface area (Å²) in [5.41, 5.74) is 1.13. The van der Waals surface area contributed by atoms with E-state index in [-0.39, 0.29) is 6.10 Å². The van der Waals surface area contributed by atoms with Crippen molar-refractivity contribution in [1.29, 1.82) is 0 Å². The first-order valence-electron chi connectivity index (χ1n) is 6.08. The molecule has 90 valence electrons. The van der Waals surface area contributed by atoms with Gasteiger partial charge < -0.3 is 10.1 Å². The van der Waals surface area contributed by atoms with Crippen molar-refractivity contribution in [3.63, 3.8) is 0 Å². The molecule has 16 heavy (non-hydrogen) atoms. The average molecular weight is 222 g/mol. The largest absolute Gasteiger partial charge is 0.490 e. The quantitative estimate of drug-likeness (QED) is 0.770. The van der Waals surface area contributed by atoms with Crippen LogP contribution in [0.4, 0.5) is 0 Å². The van der Waals surface area contributed by atoms with Crippen LogP contribution in [-0.4, -0.2) is 17.6 Å². The highest BCUT2D eigenvalue weighted by atomic mass is 16.5. The van der Waals surface area contributed by atoms with E-state index >= 15 is 0 Å². The molecule has 1 N–H and O–H groups in total. The molecule has 1 aromatic rings. The second-order valence-corrected chi connectivity index (χ2v) is 3.98. The Morgan fingerprint density at radius 2 is 2.25 bits per heavy atom. The van der Waals surface area contributed by atoms with Crippen molar-refractivity contribution in [2.75, 3.05) is 6.54 Å². The summed E-state index contributed by atoms with van der Waals surface area (Å²) in [6.07, 6.45) is 6.16. The molecule has 0 aliphatic rings. The first-order valence-corrected chi connectivity index (χ1v) is 6.08. The molecule has 0 aromatic carbocycles. The monoisotopic (exact) mass is 222 g/mol. The number of hydrogen-bond donors (Lipinski definition) is 1. The smallest absolute Gasteiger partial charge is 0.127 e. The minimum Gasteiger partial charge on any atom is -0.490 e. The normalized spacial score (nSPS) is 12.4. The Bertz CT molecular complexity index is 302. The Morgan fingerprint density at radius 3 is 2.94 bits per heavy atom. The lowest BCUT2D eigenvalue weighted by atomic mass is 10.2. The highest BCUT2D eigenvalue weighted by Crippen LogP contribution is 2.19. The first kappa shape index (κ1) is 13.0. The molecule has 0 amide bonds. The molecule has 3 nitrogen and oxygen atoms in total. The summed E-state index contributed by atoms with van der Waals surface area (Å²) in [6, 6.07) is 1.94. The van der Waals surface area contributed by atoms with Gasteiger partial charge >= 0.3 is 0 Å². The molecule has 0 bridgehead atoms. The van der Waals surface area contributed by atoms with E-state index in [9.17, 15) is 0 Å². The Labute approximate surface area is 98.2 Å². The van der Waals surface area contributed by atoms with Crippen molar-refractivity contribution < 1.29 is 4.74 Å². The zero-order valence-corrected chi connectivity index (χ0v) is 10.5. The predicted octanol–water partition coefficient (Wildman–Crippen LogP) is 2.76. The number of ether oxygens (including phenoxy) is 1. The molecule has 0 aliphatic carbocycles. The van der Waals surface area contributed by atoms with Crippen LogP contribution in [0.15, 0.2) is 18.5 Å². The van der Waals surface area contributed by atoms with Crippen LogP contribution in [0.5, 0.6) is 5.75 Å². The SMILES string of the molecule is CCCC(C)Oc1ccncc1CNCC. The summed E-state index contributed by atoms with van der Waals surface area (Å²) < 4.78 is 5.90. The van der Waals surface area contributed by atoms with Gasteiger partial charge in [-0.25, -0.2) is 0 Å². The number of nitrogens with one attached hydrogen (secondary N) is 1. The molecule has 1 aromatic heterocycles. The van der Waals surface area contributed by atoms with Crippen LogP contribution >= 0.6 is 0 Å². The summed E-state index contributed by atoms with van der Waals surface area (Å²) in [6.45, 7) is 8.15. The minimum absolute atomic E-state index is 0.271. The second kappa shape index (κ2) is 7.23. The van der Waals surface area contributed by atoms with Crippen LogP contribution < -0.4 is 10.1 Å². The summed E-state index contributed by atoms with van der Waals surface area (Å²) in [7, 11) is 0. The van der Waals surface area contributed by atoms with Gasteiger partial charge in [-0.3, -0.25) is 4.98 Å². The molecule has 0 spiro atoms. The third kappa shape index (κ3) is 4.19. The zero-order valence-electron chi connectivity index (χ0n) is 10.5. The third-order valence-corrected chi connectivity index (χ3v) is 2.45. The third-order valence-electron chi connectivity index (χ3n) is 2.45. The average Bonchev–Trinajstić information content (AvgIpc) is 2.28. The highest BCUT2D eigenvalue weighted by molar-refractivity contribution is 5.30. The molecule has 0 saturated carbocycles. The van der Waals surface area contributed by atoms with Gasteiger partial charge in [-0.2, -0.15) is 0 Å². The van der Waals surface area contributed by atoms with Crippen molar-refractivity contribution in [3.8, 4) is 5.75 Å². The maximum Gasteiger partial charge on any atom is 0.127 e. The zero-order chi connectivity index (χ0) is 11.8. The number of hydrogen-bond acceptors (Lipinski definition) is 3. The Balaban J connectivity index is 2.62. The number of nitrogens with zero attached hydrogens (tertiary/aromatic N) is 1. The number of rotatable bonds is 7. The van der Waals surface area contributed by atoms with Crippen LogP contribution in [0.2, 0.25) is 0 Å². The maximum atomic E-state index is 5.90. The van der Waals surface area contributed by atoms with Crippen LogP contribution in [0.25, 0.3) is 0 Å². The Kier molecular flexibility index (Phi) is 5.86. The van der Waals surface area contributed by atoms with E-state index in [0.29, 0.717) is 0 Å². The molecule has 1 unspecified atom stereocenters. The van der Waals surface area contributed by atoms with Gasteiger partial charge in [0.25, 0.3) is 0 Å². The van der Waals surface area contributed by atoms with Crippen LogP contribution in [0.3, 0.4) is 0 Å². The number of aromatic nitrogens is 1. The molecule has 1 atom stereocenters. The molecule has 0 aliphatic heterocycles. The lowest BCUT2D eigenvalue weighted by molar-refractivity contribution is 0.207. The second-order valence-electron chi connectivity index (χ2n) is 3.98. The van der Waals surface area contributed by atoms with Crippen LogP contribution in [0, 0.1) is 0 Å². The molecule has 0 saturated heterocycles. The fourth-order valence-electron chi connectivity index (χ4n) is 1.60. The minimum atomic E-state index is 0.271. The predicted molar refractivity (Wildman–Crippen MR) is 66.6 cm³/mol. The maximum absolute atomic E-state index is 5.90. The highest BCUT2D eigenvalue weighted by Gasteiger charge is 2.07. The Hall–Kier alpha value is -1.09. The lowest BCUT2D eigenvalue weighted by Gasteiger charge is -2.16. The van der Waals surface area contributed by atoms with E-state index in [4.69, 9.17) is 4.74 Å². The van der Waals surface area contributed by atoms with E-state index in [1.165, 1.54) is 0 Å². The van der Waals surface area contributed by atoms with Gasteiger partial charge in [0.15, 0.2) is 0 Å². The van der Waals surface area contributed by atoms with E-state index in [1.54, 1.807) is 6.20 Å². The van der Waals surface area contributed by atoms with Crippen LogP contribution in [0.1, 0.15) is 39.2 Å². The van der Waals surface area contributed by atoms with Crippen molar-refractivity contribution in [3.05, 3.63) is 24.0 Å². The molecule has 3 heteroatoms. The van der Waals surface area contributed by atoms with Gasteiger partial charge in [0.2, 0.25) is 0 Å². The van der Waals surface area contributed by atoms with Gasteiger partial charge in [-0.15, -0.1) is 0 Å². The molecule has 0 radical (unpaired) electrons. The van der Waals surface area contributed by atoms with Gasteiger partial charge in [0.1, 0.15) is 5.75 Å². The van der Waals surface area contributed by atoms with Gasteiger partial charge in [-0.1, -0.05) is 20.3 Å². The summed E-state index contributed by atoms with van der Waals surface area (Å²) in [4.78, 5) is 4.13. The van der Waals surface area contributed by atoms with Crippen molar-refractivity contribution in [1.82, 2.24) is 10.3 Å². The van der Waals surface area contributed by atoms with Gasteiger partial charge in [-0.05, 0) is 26.0 Å². The Morgan fingerprint density at radius 1 is 1.44 bits per heavy atom. The summed E-state index contributed by atoms with van der Waals surface area (Å²) >= 11 is 0. The first-order chi connectivity index (χ1) is 7.77. The van der Waals surface area contributed by atoms with Crippen molar-refractivity contribution in [2.24, 2.45) is 0 Å². The van der Waals surface area contributed by atoms with E-state index in [2.05, 4.69) is 31.1 Å². The molecule has 0 fully saturated rings. The molecule has 1 heterocycles. The summed E-state index contributed by atoms with van der Waals surface area (Å²) in [5.74, 6) is 0.955. The number of pyridine rings is 1. The fourth-order valence-corrected chi connectivity index (χ4v) is 1.60. The standard InChI is InChI=1S/C13H22N2O/c1-4-6-11(3)16-13-7-8-15-10-12(13)9-14-5-2/h7-8,10-11,14H,4-6,9H2,1-3H3. The van der Waals surface area contributed by atoms with Crippen molar-refractivity contribution >= 4 is 0 Å². The van der Waals surface area contributed by atoms with E-state index in [0.717, 1.165) is 37.2 Å². The fraction of sp³-hybridized carbons (Fsp3) is 0.615. The van der Waals surface area contributed by atoms with Crippen molar-refractivity contribution in [2.45, 2.75) is 46.3 Å². The van der Waals surface area contributed by atoms with Crippen LogP contribution in [-0.2, 0) is 6.54 Å². The van der Waals surface area contributed by atoms with Gasteiger partial charge in [0.05, 0.1) is 6.10 Å². The molecular formula is C13H22N2O. The molecule has 1 rings (SSSR count). The topological polar surface area (TPSA) is 34.1 Å². The van der Waals surface area contributed by atoms with Gasteiger partial charge in [0, 0.05) is 24.5 Å². The molecular weight excluding hydrogens is 200 g/mol. The summed E-state index contributed by atoms with van der Waals surface area (Å²) in [5, 5.41) is 3.29.